The zero-order valence-electron chi connectivity index (χ0n) is 13.8. The third-order valence-corrected chi connectivity index (χ3v) is 4.86. The number of rotatable bonds is 6. The molecule has 0 bridgehead atoms. The maximum Gasteiger partial charge on any atom is 0.316 e. The van der Waals surface area contributed by atoms with Crippen molar-refractivity contribution in [2.45, 2.75) is 19.3 Å². The molecule has 0 radical (unpaired) electrons. The molecule has 6 nitrogen and oxygen atoms in total. The fourth-order valence-electron chi connectivity index (χ4n) is 2.45. The topological polar surface area (TPSA) is 88.4 Å². The normalized spacial score (nSPS) is 16.9. The highest BCUT2D eigenvalue weighted by Crippen LogP contribution is 2.38. The smallest absolute Gasteiger partial charge is 0.316 e. The molecule has 1 N–H and O–H groups in total. The van der Waals surface area contributed by atoms with Gasteiger partial charge in [-0.25, -0.2) is 0 Å². The molecule has 2 rings (SSSR count). The number of carbonyl (C=O) groups excluding carboxylic acids is 2. The third-order valence-electron chi connectivity index (χ3n) is 3.57. The largest absolute Gasteiger partial charge is 0.495 e. The number of carbonyl (C=O) groups is 2. The first-order valence-electron chi connectivity index (χ1n) is 7.56. The predicted octanol–water partition coefficient (Wildman–Crippen LogP) is 2.98. The van der Waals surface area contributed by atoms with Gasteiger partial charge in [-0.3, -0.25) is 9.59 Å². The maximum absolute atomic E-state index is 12.1. The van der Waals surface area contributed by atoms with E-state index in [4.69, 9.17) is 21.1 Å². The number of nitriles is 1. The van der Waals surface area contributed by atoms with Crippen molar-refractivity contribution in [3.63, 3.8) is 0 Å². The monoisotopic (exact) mass is 380 g/mol. The van der Waals surface area contributed by atoms with Crippen LogP contribution in [-0.2, 0) is 14.3 Å². The van der Waals surface area contributed by atoms with Crippen molar-refractivity contribution in [3.8, 4) is 11.8 Å². The lowest BCUT2D eigenvalue weighted by Gasteiger charge is -2.25. The highest BCUT2D eigenvalue weighted by Gasteiger charge is 2.30. The van der Waals surface area contributed by atoms with Gasteiger partial charge in [-0.2, -0.15) is 5.26 Å². The number of nitrogens with zero attached hydrogens (tertiary/aromatic N) is 1. The van der Waals surface area contributed by atoms with Gasteiger partial charge in [0.1, 0.15) is 5.75 Å². The lowest BCUT2D eigenvalue weighted by molar-refractivity contribution is -0.139. The van der Waals surface area contributed by atoms with E-state index in [1.165, 1.54) is 7.11 Å². The van der Waals surface area contributed by atoms with Crippen molar-refractivity contribution in [2.75, 3.05) is 19.5 Å². The molecule has 0 aliphatic carbocycles. The van der Waals surface area contributed by atoms with Gasteiger partial charge in [-0.05, 0) is 24.6 Å². The van der Waals surface area contributed by atoms with Crippen LogP contribution in [0.2, 0.25) is 5.02 Å². The molecule has 1 heterocycles. The van der Waals surface area contributed by atoms with Crippen molar-refractivity contribution >= 4 is 35.2 Å². The molecule has 1 aromatic carbocycles. The summed E-state index contributed by atoms with van der Waals surface area (Å²) in [6.07, 6.45) is 0.134. The number of esters is 1. The molecule has 132 valence electrons. The van der Waals surface area contributed by atoms with Crippen LogP contribution in [0.25, 0.3) is 0 Å². The summed E-state index contributed by atoms with van der Waals surface area (Å²) >= 11 is 7.24. The minimum absolute atomic E-state index is 0.0186. The number of hydrogen-bond acceptors (Lipinski definition) is 6. The first kappa shape index (κ1) is 19.2. The van der Waals surface area contributed by atoms with Crippen LogP contribution in [0.5, 0.6) is 5.75 Å². The Labute approximate surface area is 155 Å². The molecular weight excluding hydrogens is 364 g/mol. The second-order valence-corrected chi connectivity index (χ2v) is 6.54. The molecule has 1 aromatic rings. The highest BCUT2D eigenvalue weighted by molar-refractivity contribution is 8.03. The first-order valence-corrected chi connectivity index (χ1v) is 8.92. The summed E-state index contributed by atoms with van der Waals surface area (Å²) in [5, 5.41) is 13.0. The second-order valence-electron chi connectivity index (χ2n) is 5.15. The van der Waals surface area contributed by atoms with E-state index in [0.29, 0.717) is 21.4 Å². The molecule has 0 spiro atoms. The van der Waals surface area contributed by atoms with Crippen LogP contribution in [0.3, 0.4) is 0 Å². The minimum Gasteiger partial charge on any atom is -0.495 e. The van der Waals surface area contributed by atoms with Crippen molar-refractivity contribution < 1.29 is 19.1 Å². The fraction of sp³-hybridized carbons (Fsp3) is 0.353. The van der Waals surface area contributed by atoms with E-state index in [9.17, 15) is 14.9 Å². The van der Waals surface area contributed by atoms with Gasteiger partial charge in [-0.15, -0.1) is 0 Å². The molecule has 0 saturated heterocycles. The van der Waals surface area contributed by atoms with E-state index in [1.807, 2.05) is 0 Å². The summed E-state index contributed by atoms with van der Waals surface area (Å²) in [5.41, 5.74) is 1.14. The molecule has 0 unspecified atom stereocenters. The van der Waals surface area contributed by atoms with E-state index < -0.39 is 11.9 Å². The van der Waals surface area contributed by atoms with Gasteiger partial charge < -0.3 is 14.8 Å². The van der Waals surface area contributed by atoms with Gasteiger partial charge in [0.25, 0.3) is 0 Å². The second kappa shape index (κ2) is 8.79. The Bertz CT molecular complexity index is 758. The molecule has 0 fully saturated rings. The molecule has 1 atom stereocenters. The summed E-state index contributed by atoms with van der Waals surface area (Å²) in [7, 11) is 1.51. The number of benzene rings is 1. The Hall–Kier alpha value is -2.17. The lowest BCUT2D eigenvalue weighted by Crippen LogP contribution is -2.31. The summed E-state index contributed by atoms with van der Waals surface area (Å²) < 4.78 is 10.00. The Balaban J connectivity index is 2.31. The number of hydrogen-bond donors (Lipinski definition) is 1. The SMILES string of the molecule is CCOC(=O)CSC1=C(C#N)[C@@H](c2ccc(OC)c(Cl)c2)CC(=O)N1. The molecular formula is C17H17ClN2O4S. The van der Waals surface area contributed by atoms with Gasteiger partial charge in [0.2, 0.25) is 5.91 Å². The van der Waals surface area contributed by atoms with Crippen molar-refractivity contribution in [1.82, 2.24) is 5.32 Å². The summed E-state index contributed by atoms with van der Waals surface area (Å²) in [6, 6.07) is 7.31. The Morgan fingerprint density at radius 1 is 1.52 bits per heavy atom. The van der Waals surface area contributed by atoms with Crippen LogP contribution in [0.1, 0.15) is 24.8 Å². The summed E-state index contributed by atoms with van der Waals surface area (Å²) in [4.78, 5) is 23.6. The third kappa shape index (κ3) is 4.68. The molecule has 1 amide bonds. The number of ether oxygens (including phenoxy) is 2. The Kier molecular flexibility index (Phi) is 6.73. The van der Waals surface area contributed by atoms with E-state index >= 15 is 0 Å². The number of methoxy groups -OCH3 is 1. The van der Waals surface area contributed by atoms with Gasteiger partial charge >= 0.3 is 5.97 Å². The lowest BCUT2D eigenvalue weighted by atomic mass is 9.87. The summed E-state index contributed by atoms with van der Waals surface area (Å²) in [5.74, 6) is -0.509. The molecule has 8 heteroatoms. The van der Waals surface area contributed by atoms with Crippen LogP contribution in [-0.4, -0.2) is 31.3 Å². The van der Waals surface area contributed by atoms with E-state index in [-0.39, 0.29) is 24.7 Å². The first-order chi connectivity index (χ1) is 12.0. The van der Waals surface area contributed by atoms with Crippen LogP contribution in [0.15, 0.2) is 28.8 Å². The molecule has 0 saturated carbocycles. The van der Waals surface area contributed by atoms with Crippen molar-refractivity contribution in [1.29, 1.82) is 5.26 Å². The average molecular weight is 381 g/mol. The maximum atomic E-state index is 12.1. The Morgan fingerprint density at radius 3 is 2.88 bits per heavy atom. The van der Waals surface area contributed by atoms with Crippen LogP contribution in [0, 0.1) is 11.3 Å². The van der Waals surface area contributed by atoms with E-state index in [1.54, 1.807) is 25.1 Å². The fourth-order valence-corrected chi connectivity index (χ4v) is 3.59. The van der Waals surface area contributed by atoms with E-state index in [2.05, 4.69) is 11.4 Å². The number of amides is 1. The van der Waals surface area contributed by atoms with Crippen LogP contribution >= 0.6 is 23.4 Å². The number of thioether (sulfide) groups is 1. The zero-order valence-corrected chi connectivity index (χ0v) is 15.4. The molecule has 0 aromatic heterocycles. The van der Waals surface area contributed by atoms with Gasteiger partial charge in [0.15, 0.2) is 0 Å². The molecule has 1 aliphatic heterocycles. The van der Waals surface area contributed by atoms with Crippen molar-refractivity contribution in [2.24, 2.45) is 0 Å². The minimum atomic E-state index is -0.424. The van der Waals surface area contributed by atoms with Crippen LogP contribution in [0.4, 0.5) is 0 Å². The van der Waals surface area contributed by atoms with Crippen LogP contribution < -0.4 is 10.1 Å². The van der Waals surface area contributed by atoms with Gasteiger partial charge in [0.05, 0.1) is 41.2 Å². The zero-order chi connectivity index (χ0) is 18.4. The van der Waals surface area contributed by atoms with Gasteiger partial charge in [-0.1, -0.05) is 29.4 Å². The number of halogens is 1. The standard InChI is InChI=1S/C17H17ClN2O4S/c1-3-24-16(22)9-25-17-12(8-19)11(7-15(21)20-17)10-4-5-14(23-2)13(18)6-10/h4-6,11H,3,7,9H2,1-2H3,(H,20,21)/t11-/m1/s1. The molecule has 25 heavy (non-hydrogen) atoms. The predicted molar refractivity (Wildman–Crippen MR) is 95.2 cm³/mol. The van der Waals surface area contributed by atoms with E-state index in [0.717, 1.165) is 17.3 Å². The Morgan fingerprint density at radius 2 is 2.28 bits per heavy atom. The van der Waals surface area contributed by atoms with Crippen molar-refractivity contribution in [3.05, 3.63) is 39.4 Å². The summed E-state index contributed by atoms with van der Waals surface area (Å²) in [6.45, 7) is 2.00. The number of allylic oxidation sites excluding steroid dienone is 1. The quantitative estimate of drug-likeness (QED) is 0.763. The highest BCUT2D eigenvalue weighted by atomic mass is 35.5. The van der Waals surface area contributed by atoms with Gasteiger partial charge in [0, 0.05) is 12.3 Å². The average Bonchev–Trinajstić information content (AvgIpc) is 2.59. The molecule has 1 aliphatic rings. The number of nitrogens with one attached hydrogen (secondary N) is 1.